The number of rotatable bonds is 3. The monoisotopic (exact) mass is 366 g/mol. The van der Waals surface area contributed by atoms with Crippen LogP contribution in [0.1, 0.15) is 5.56 Å². The van der Waals surface area contributed by atoms with Crippen molar-refractivity contribution >= 4 is 34.1 Å². The fourth-order valence-corrected chi connectivity index (χ4v) is 2.28. The molecule has 0 saturated carbocycles. The highest BCUT2D eigenvalue weighted by molar-refractivity contribution is 5.79. The van der Waals surface area contributed by atoms with E-state index in [1.165, 1.54) is 10.7 Å². The third-order valence-electron chi connectivity index (χ3n) is 3.38. The number of fused-ring (bicyclic) bond motifs is 3. The third kappa shape index (κ3) is 2.52. The molecule has 0 aliphatic rings. The average molecular weight is 366 g/mol. The molecule has 0 radical (unpaired) electrons. The van der Waals surface area contributed by atoms with Gasteiger partial charge in [0.05, 0.1) is 10.5 Å². The zero-order valence-corrected chi connectivity index (χ0v) is 12.3. The van der Waals surface area contributed by atoms with Gasteiger partial charge in [0.25, 0.3) is 5.69 Å². The Morgan fingerprint density at radius 3 is 2.73 bits per heavy atom. The Balaban J connectivity index is 1.86. The van der Waals surface area contributed by atoms with Gasteiger partial charge in [0.1, 0.15) is 6.33 Å². The Morgan fingerprint density at radius 2 is 2.00 bits per heavy atom. The van der Waals surface area contributed by atoms with E-state index in [4.69, 9.17) is 0 Å². The van der Waals surface area contributed by atoms with Gasteiger partial charge in [-0.05, 0) is 16.4 Å². The number of non-ortho nitro benzene ring substituents is 1. The number of benzene rings is 1. The number of nitrogens with one attached hydrogen (secondary N) is 1. The smallest absolute Gasteiger partial charge is 0.337 e. The first-order chi connectivity index (χ1) is 12.3. The summed E-state index contributed by atoms with van der Waals surface area (Å²) < 4.78 is 44.9. The van der Waals surface area contributed by atoms with Crippen LogP contribution in [0.4, 0.5) is 30.4 Å². The lowest BCUT2D eigenvalue weighted by Gasteiger charge is -2.10. The van der Waals surface area contributed by atoms with Crippen molar-refractivity contribution in [3.63, 3.8) is 0 Å². The molecule has 0 spiro atoms. The summed E-state index contributed by atoms with van der Waals surface area (Å²) in [5.41, 5.74) is -1.76. The highest BCUT2D eigenvalue weighted by atomic mass is 19.4. The molecule has 0 fully saturated rings. The van der Waals surface area contributed by atoms with Crippen LogP contribution in [-0.4, -0.2) is 34.8 Å². The molecular formula is C12H5F3N8O3. The molecule has 132 valence electrons. The van der Waals surface area contributed by atoms with Gasteiger partial charge in [-0.1, -0.05) is 0 Å². The standard InChI is InChI=1S/C12H5F3N8O3/c13-12(14,15)5-1-6(3-7(2-5)23(24)25)17-8-10-19-16-4-22(10)11-9(18-8)20-26-21-11/h1-4H,(H,17,18,20). The summed E-state index contributed by atoms with van der Waals surface area (Å²) in [5.74, 6) is -0.0284. The molecule has 11 nitrogen and oxygen atoms in total. The van der Waals surface area contributed by atoms with E-state index < -0.39 is 22.4 Å². The summed E-state index contributed by atoms with van der Waals surface area (Å²) in [4.78, 5) is 14.1. The summed E-state index contributed by atoms with van der Waals surface area (Å²) in [6, 6.07) is 2.10. The molecule has 0 saturated heterocycles. The molecule has 0 unspecified atom stereocenters. The molecule has 0 amide bonds. The predicted octanol–water partition coefficient (Wildman–Crippen LogP) is 2.33. The van der Waals surface area contributed by atoms with Gasteiger partial charge in [-0.2, -0.15) is 13.2 Å². The van der Waals surface area contributed by atoms with Crippen LogP contribution in [0.2, 0.25) is 0 Å². The highest BCUT2D eigenvalue weighted by Crippen LogP contribution is 2.35. The summed E-state index contributed by atoms with van der Waals surface area (Å²) in [5, 5.41) is 28.1. The van der Waals surface area contributed by atoms with E-state index in [-0.39, 0.29) is 28.4 Å². The van der Waals surface area contributed by atoms with Gasteiger partial charge in [0.2, 0.25) is 16.9 Å². The molecule has 0 aliphatic carbocycles. The van der Waals surface area contributed by atoms with E-state index in [2.05, 4.69) is 35.4 Å². The molecule has 0 atom stereocenters. The van der Waals surface area contributed by atoms with E-state index in [1.54, 1.807) is 0 Å². The number of alkyl halides is 3. The van der Waals surface area contributed by atoms with Crippen molar-refractivity contribution in [2.45, 2.75) is 6.18 Å². The summed E-state index contributed by atoms with van der Waals surface area (Å²) in [6.07, 6.45) is -3.48. The molecule has 14 heteroatoms. The van der Waals surface area contributed by atoms with Gasteiger partial charge in [-0.15, -0.1) is 10.2 Å². The number of nitro groups is 1. The van der Waals surface area contributed by atoms with Crippen LogP contribution in [0.15, 0.2) is 29.2 Å². The van der Waals surface area contributed by atoms with Crippen molar-refractivity contribution in [3.8, 4) is 0 Å². The van der Waals surface area contributed by atoms with Gasteiger partial charge in [0.15, 0.2) is 5.82 Å². The topological polar surface area (TPSA) is 137 Å². The molecule has 3 aromatic heterocycles. The zero-order valence-electron chi connectivity index (χ0n) is 12.3. The van der Waals surface area contributed by atoms with Gasteiger partial charge in [-0.3, -0.25) is 14.5 Å². The maximum Gasteiger partial charge on any atom is 0.416 e. The van der Waals surface area contributed by atoms with Gasteiger partial charge < -0.3 is 5.32 Å². The molecule has 4 rings (SSSR count). The molecule has 26 heavy (non-hydrogen) atoms. The molecular weight excluding hydrogens is 361 g/mol. The van der Waals surface area contributed by atoms with Crippen molar-refractivity contribution in [1.29, 1.82) is 0 Å². The Morgan fingerprint density at radius 1 is 1.19 bits per heavy atom. The minimum absolute atomic E-state index is 0.0284. The van der Waals surface area contributed by atoms with E-state index in [9.17, 15) is 23.3 Å². The first-order valence-corrected chi connectivity index (χ1v) is 6.78. The molecule has 1 N–H and O–H groups in total. The zero-order chi connectivity index (χ0) is 18.5. The van der Waals surface area contributed by atoms with E-state index in [0.29, 0.717) is 12.1 Å². The maximum absolute atomic E-state index is 13.0. The van der Waals surface area contributed by atoms with Crippen molar-refractivity contribution < 1.29 is 22.7 Å². The van der Waals surface area contributed by atoms with Crippen LogP contribution >= 0.6 is 0 Å². The third-order valence-corrected chi connectivity index (χ3v) is 3.38. The predicted molar refractivity (Wildman–Crippen MR) is 77.5 cm³/mol. The van der Waals surface area contributed by atoms with Crippen LogP contribution in [0.25, 0.3) is 16.9 Å². The lowest BCUT2D eigenvalue weighted by Crippen LogP contribution is -2.07. The fourth-order valence-electron chi connectivity index (χ4n) is 2.28. The fraction of sp³-hybridized carbons (Fsp3) is 0.0833. The molecule has 4 aromatic rings. The average Bonchev–Trinajstić information content (AvgIpc) is 3.22. The summed E-state index contributed by atoms with van der Waals surface area (Å²) in [6.45, 7) is 0. The van der Waals surface area contributed by atoms with E-state index >= 15 is 0 Å². The second-order valence-electron chi connectivity index (χ2n) is 5.04. The molecule has 1 aromatic carbocycles. The lowest BCUT2D eigenvalue weighted by molar-refractivity contribution is -0.385. The number of nitrogens with zero attached hydrogens (tertiary/aromatic N) is 7. The minimum atomic E-state index is -4.76. The first-order valence-electron chi connectivity index (χ1n) is 6.78. The van der Waals surface area contributed by atoms with Crippen molar-refractivity contribution in [3.05, 3.63) is 40.2 Å². The Kier molecular flexibility index (Phi) is 3.21. The van der Waals surface area contributed by atoms with Crippen LogP contribution in [0.5, 0.6) is 0 Å². The first kappa shape index (κ1) is 15.7. The summed E-state index contributed by atoms with van der Waals surface area (Å²) in [7, 11) is 0. The maximum atomic E-state index is 13.0. The van der Waals surface area contributed by atoms with Crippen molar-refractivity contribution in [2.75, 3.05) is 5.32 Å². The number of hydrogen-bond acceptors (Lipinski definition) is 9. The van der Waals surface area contributed by atoms with Crippen LogP contribution in [0, 0.1) is 10.1 Å². The van der Waals surface area contributed by atoms with Gasteiger partial charge >= 0.3 is 6.18 Å². The van der Waals surface area contributed by atoms with Gasteiger partial charge in [0, 0.05) is 17.8 Å². The van der Waals surface area contributed by atoms with Crippen LogP contribution in [-0.2, 0) is 6.18 Å². The quantitative estimate of drug-likeness (QED) is 0.427. The van der Waals surface area contributed by atoms with E-state index in [1.807, 2.05) is 0 Å². The number of aromatic nitrogens is 6. The number of hydrogen-bond donors (Lipinski definition) is 1. The Hall–Kier alpha value is -3.84. The summed E-state index contributed by atoms with van der Waals surface area (Å²) >= 11 is 0. The SMILES string of the molecule is O=[N+]([O-])c1cc(Nc2nc3nonc3n3cnnc23)cc(C(F)(F)F)c1. The van der Waals surface area contributed by atoms with Crippen molar-refractivity contribution in [2.24, 2.45) is 0 Å². The van der Waals surface area contributed by atoms with E-state index in [0.717, 1.165) is 6.07 Å². The highest BCUT2D eigenvalue weighted by Gasteiger charge is 2.33. The van der Waals surface area contributed by atoms with Crippen LogP contribution in [0.3, 0.4) is 0 Å². The Bertz CT molecular complexity index is 1150. The molecule has 3 heterocycles. The van der Waals surface area contributed by atoms with Crippen LogP contribution < -0.4 is 5.32 Å². The minimum Gasteiger partial charge on any atom is -0.337 e. The molecule has 0 bridgehead atoms. The number of anilines is 2. The van der Waals surface area contributed by atoms with Gasteiger partial charge in [-0.25, -0.2) is 9.61 Å². The number of halogens is 3. The largest absolute Gasteiger partial charge is 0.416 e. The normalized spacial score (nSPS) is 12.0. The lowest BCUT2D eigenvalue weighted by atomic mass is 10.1. The second-order valence-corrected chi connectivity index (χ2v) is 5.04. The van der Waals surface area contributed by atoms with Crippen molar-refractivity contribution in [1.82, 2.24) is 29.9 Å². The number of nitro benzene ring substituents is 1. The Labute approximate surface area is 139 Å². The molecule has 0 aliphatic heterocycles. The second kappa shape index (κ2) is 5.33.